The lowest BCUT2D eigenvalue weighted by Crippen LogP contribution is -2.21. The van der Waals surface area contributed by atoms with Gasteiger partial charge in [0.05, 0.1) is 6.20 Å². The third-order valence-electron chi connectivity index (χ3n) is 4.83. The van der Waals surface area contributed by atoms with Crippen molar-refractivity contribution < 1.29 is 23.5 Å². The van der Waals surface area contributed by atoms with Crippen LogP contribution in [0.2, 0.25) is 0 Å². The largest absolute Gasteiger partial charge is 0.453 e. The summed E-state index contributed by atoms with van der Waals surface area (Å²) < 4.78 is 20.1. The Morgan fingerprint density at radius 2 is 1.79 bits per heavy atom. The second-order valence-electron chi connectivity index (χ2n) is 7.22. The van der Waals surface area contributed by atoms with Crippen molar-refractivity contribution in [2.45, 2.75) is 24.9 Å². The summed E-state index contributed by atoms with van der Waals surface area (Å²) in [7, 11) is 0. The monoisotopic (exact) mass is 469 g/mol. The van der Waals surface area contributed by atoms with E-state index < -0.39 is 18.4 Å². The Bertz CT molecular complexity index is 1130. The van der Waals surface area contributed by atoms with Gasteiger partial charge in [0.15, 0.2) is 23.2 Å². The molecule has 0 fully saturated rings. The third-order valence-corrected chi connectivity index (χ3v) is 5.49. The molecule has 2 aromatic carbocycles. The Balaban J connectivity index is 1.61. The minimum atomic E-state index is -0.699. The summed E-state index contributed by atoms with van der Waals surface area (Å²) in [6.07, 6.45) is 4.75. The highest BCUT2D eigenvalue weighted by Crippen LogP contribution is 2.22. The van der Waals surface area contributed by atoms with Gasteiger partial charge in [0, 0.05) is 24.7 Å². The number of amides is 1. The van der Waals surface area contributed by atoms with Gasteiger partial charge in [-0.3, -0.25) is 14.2 Å². The van der Waals surface area contributed by atoms with Crippen LogP contribution >= 0.6 is 11.8 Å². The first-order valence-corrected chi connectivity index (χ1v) is 11.5. The fourth-order valence-electron chi connectivity index (χ4n) is 3.17. The molecule has 1 aromatic heterocycles. The van der Waals surface area contributed by atoms with Crippen molar-refractivity contribution >= 4 is 29.4 Å². The number of aryl methyl sites for hydroxylation is 1. The summed E-state index contributed by atoms with van der Waals surface area (Å²) in [6.45, 7) is 1.66. The molecule has 0 spiro atoms. The summed E-state index contributed by atoms with van der Waals surface area (Å²) in [6, 6.07) is 12.7. The number of esters is 1. The van der Waals surface area contributed by atoms with E-state index in [-0.39, 0.29) is 17.4 Å². The van der Waals surface area contributed by atoms with E-state index in [1.807, 2.05) is 18.4 Å². The molecule has 1 N–H and O–H groups in total. The molecule has 0 aliphatic rings. The van der Waals surface area contributed by atoms with Crippen molar-refractivity contribution in [1.82, 2.24) is 14.9 Å². The molecule has 1 amide bonds. The van der Waals surface area contributed by atoms with E-state index >= 15 is 0 Å². The molecule has 1 heterocycles. The first-order valence-electron chi connectivity index (χ1n) is 10.3. The molecule has 0 saturated carbocycles. The predicted molar refractivity (Wildman–Crippen MR) is 123 cm³/mol. The number of benzene rings is 2. The number of nitrogens with zero attached hydrogens (tertiary/aromatic N) is 2. The zero-order valence-corrected chi connectivity index (χ0v) is 19.2. The quantitative estimate of drug-likeness (QED) is 0.210. The molecule has 0 unspecified atom stereocenters. The molecular formula is C24H24FN3O4S. The number of Topliss-reactive ketones (excluding diaryl/α,β-unsaturated/α-hetero) is 1. The van der Waals surface area contributed by atoms with Crippen LogP contribution in [0.5, 0.6) is 0 Å². The van der Waals surface area contributed by atoms with Crippen LogP contribution in [0.1, 0.15) is 39.8 Å². The van der Waals surface area contributed by atoms with E-state index in [1.54, 1.807) is 16.7 Å². The number of nitrogens with one attached hydrogen (secondary N) is 1. The summed E-state index contributed by atoms with van der Waals surface area (Å²) in [5.41, 5.74) is 2.19. The van der Waals surface area contributed by atoms with E-state index in [2.05, 4.69) is 10.3 Å². The van der Waals surface area contributed by atoms with Gasteiger partial charge in [-0.15, -0.1) is 0 Å². The number of carbonyl (C=O) groups is 3. The van der Waals surface area contributed by atoms with Crippen LogP contribution in [0.4, 0.5) is 4.39 Å². The van der Waals surface area contributed by atoms with Crippen LogP contribution in [-0.4, -0.2) is 46.6 Å². The highest BCUT2D eigenvalue weighted by Gasteiger charge is 2.20. The fraction of sp³-hybridized carbons (Fsp3) is 0.250. The Hall–Kier alpha value is -3.46. The average molecular weight is 470 g/mol. The van der Waals surface area contributed by atoms with Crippen LogP contribution in [-0.2, 0) is 16.0 Å². The number of ketones is 1. The van der Waals surface area contributed by atoms with E-state index in [0.717, 1.165) is 18.4 Å². The second kappa shape index (κ2) is 11.4. The van der Waals surface area contributed by atoms with Crippen molar-refractivity contribution in [3.05, 3.63) is 77.4 Å². The van der Waals surface area contributed by atoms with Gasteiger partial charge in [-0.1, -0.05) is 36.0 Å². The van der Waals surface area contributed by atoms with Crippen LogP contribution in [0.25, 0.3) is 5.69 Å². The maximum absolute atomic E-state index is 13.3. The molecule has 0 aliphatic carbocycles. The second-order valence-corrected chi connectivity index (χ2v) is 8.00. The number of halogens is 1. The van der Waals surface area contributed by atoms with E-state index in [4.69, 9.17) is 4.74 Å². The first kappa shape index (κ1) is 24.2. The van der Waals surface area contributed by atoms with Crippen LogP contribution in [0, 0.1) is 5.82 Å². The normalized spacial score (nSPS) is 10.6. The lowest BCUT2D eigenvalue weighted by Gasteiger charge is -2.11. The van der Waals surface area contributed by atoms with E-state index in [9.17, 15) is 18.8 Å². The number of aromatic nitrogens is 2. The predicted octanol–water partition coefficient (Wildman–Crippen LogP) is 3.84. The van der Waals surface area contributed by atoms with Crippen molar-refractivity contribution in [3.8, 4) is 5.69 Å². The molecule has 0 radical (unpaired) electrons. The minimum Gasteiger partial charge on any atom is -0.453 e. The van der Waals surface area contributed by atoms with Gasteiger partial charge in [0.25, 0.3) is 0 Å². The molecule has 0 aliphatic heterocycles. The number of hydrogen-bond donors (Lipinski definition) is 1. The highest BCUT2D eigenvalue weighted by atomic mass is 32.2. The van der Waals surface area contributed by atoms with Crippen molar-refractivity contribution in [2.75, 3.05) is 19.4 Å². The molecule has 0 atom stereocenters. The Morgan fingerprint density at radius 3 is 2.42 bits per heavy atom. The zero-order chi connectivity index (χ0) is 23.8. The molecule has 3 aromatic rings. The van der Waals surface area contributed by atoms with Crippen LogP contribution in [0.15, 0.2) is 59.9 Å². The van der Waals surface area contributed by atoms with Crippen molar-refractivity contribution in [2.24, 2.45) is 0 Å². The summed E-state index contributed by atoms with van der Waals surface area (Å²) >= 11 is 1.33. The maximum Gasteiger partial charge on any atom is 0.357 e. The van der Waals surface area contributed by atoms with Gasteiger partial charge in [-0.25, -0.2) is 14.2 Å². The molecule has 172 valence electrons. The summed E-state index contributed by atoms with van der Waals surface area (Å²) in [4.78, 5) is 40.3. The molecule has 0 saturated heterocycles. The topological polar surface area (TPSA) is 90.3 Å². The Labute approximate surface area is 195 Å². The molecule has 33 heavy (non-hydrogen) atoms. The van der Waals surface area contributed by atoms with Gasteiger partial charge < -0.3 is 10.1 Å². The Kier molecular flexibility index (Phi) is 8.37. The van der Waals surface area contributed by atoms with Crippen LogP contribution in [0.3, 0.4) is 0 Å². The third kappa shape index (κ3) is 6.52. The minimum absolute atomic E-state index is 0.0594. The number of hydrogen-bond acceptors (Lipinski definition) is 6. The molecule has 7 nitrogen and oxygen atoms in total. The van der Waals surface area contributed by atoms with Gasteiger partial charge in [0.1, 0.15) is 5.82 Å². The van der Waals surface area contributed by atoms with Gasteiger partial charge in [0.2, 0.25) is 5.91 Å². The average Bonchev–Trinajstić information content (AvgIpc) is 3.25. The SMILES string of the molecule is CSc1ncc(C(=O)OCC(=O)c2ccc(CCCNC(C)=O)cc2)n1-c1ccc(F)cc1. The Morgan fingerprint density at radius 1 is 1.09 bits per heavy atom. The van der Waals surface area contributed by atoms with Gasteiger partial charge in [-0.2, -0.15) is 0 Å². The lowest BCUT2D eigenvalue weighted by atomic mass is 10.1. The maximum atomic E-state index is 13.3. The highest BCUT2D eigenvalue weighted by molar-refractivity contribution is 7.98. The lowest BCUT2D eigenvalue weighted by molar-refractivity contribution is -0.118. The fourth-order valence-corrected chi connectivity index (χ4v) is 3.71. The number of thioether (sulfide) groups is 1. The summed E-state index contributed by atoms with van der Waals surface area (Å²) in [5, 5.41) is 3.28. The zero-order valence-electron chi connectivity index (χ0n) is 18.3. The van der Waals surface area contributed by atoms with Gasteiger partial charge in [-0.05, 0) is 48.9 Å². The number of imidazole rings is 1. The van der Waals surface area contributed by atoms with Crippen molar-refractivity contribution in [3.63, 3.8) is 0 Å². The number of rotatable bonds is 10. The first-order chi connectivity index (χ1) is 15.9. The molecular weight excluding hydrogens is 445 g/mol. The summed E-state index contributed by atoms with van der Waals surface area (Å²) in [5.74, 6) is -1.48. The van der Waals surface area contributed by atoms with Crippen LogP contribution < -0.4 is 5.32 Å². The van der Waals surface area contributed by atoms with Gasteiger partial charge >= 0.3 is 5.97 Å². The number of carbonyl (C=O) groups excluding carboxylic acids is 3. The van der Waals surface area contributed by atoms with E-state index in [0.29, 0.717) is 23.0 Å². The molecule has 3 rings (SSSR count). The standard InChI is InChI=1S/C24H24FN3O4S/c1-16(29)26-13-3-4-17-5-7-18(8-6-17)22(30)15-32-23(31)21-14-27-24(33-2)28(21)20-11-9-19(25)10-12-20/h5-12,14H,3-4,13,15H2,1-2H3,(H,26,29). The number of ether oxygens (including phenoxy) is 1. The van der Waals surface area contributed by atoms with E-state index in [1.165, 1.54) is 49.1 Å². The molecule has 0 bridgehead atoms. The smallest absolute Gasteiger partial charge is 0.357 e. The van der Waals surface area contributed by atoms with Crippen molar-refractivity contribution in [1.29, 1.82) is 0 Å². The molecule has 9 heteroatoms.